The topological polar surface area (TPSA) is 52.6 Å². The lowest BCUT2D eigenvalue weighted by Crippen LogP contribution is -2.08. The van der Waals surface area contributed by atoms with Crippen molar-refractivity contribution in [3.8, 4) is 11.5 Å². The van der Waals surface area contributed by atoms with Gasteiger partial charge in [-0.2, -0.15) is 0 Å². The van der Waals surface area contributed by atoms with Gasteiger partial charge in [0.05, 0.1) is 0 Å². The minimum Gasteiger partial charge on any atom is -0.427 e. The molecule has 30 heavy (non-hydrogen) atoms. The van der Waals surface area contributed by atoms with E-state index >= 15 is 0 Å². The first-order chi connectivity index (χ1) is 14.3. The summed E-state index contributed by atoms with van der Waals surface area (Å²) in [4.78, 5) is 23.9. The van der Waals surface area contributed by atoms with Gasteiger partial charge in [-0.05, 0) is 87.1 Å². The van der Waals surface area contributed by atoms with Crippen molar-refractivity contribution in [1.82, 2.24) is 0 Å². The van der Waals surface area contributed by atoms with Crippen LogP contribution >= 0.6 is 0 Å². The Morgan fingerprint density at radius 1 is 0.533 bits per heavy atom. The van der Waals surface area contributed by atoms with E-state index in [0.29, 0.717) is 24.3 Å². The summed E-state index contributed by atoms with van der Waals surface area (Å²) >= 11 is 0. The second-order valence-electron chi connectivity index (χ2n) is 8.22. The Kier molecular flexibility index (Phi) is 9.59. The quantitative estimate of drug-likeness (QED) is 0.239. The molecule has 162 valence electrons. The lowest BCUT2D eigenvalue weighted by molar-refractivity contribution is -0.135. The van der Waals surface area contributed by atoms with Gasteiger partial charge in [0.15, 0.2) is 0 Å². The van der Waals surface area contributed by atoms with Gasteiger partial charge >= 0.3 is 11.9 Å². The van der Waals surface area contributed by atoms with Crippen LogP contribution in [0.3, 0.4) is 0 Å². The third kappa shape index (κ3) is 9.25. The number of hydrogen-bond acceptors (Lipinski definition) is 4. The molecule has 4 nitrogen and oxygen atoms in total. The number of aryl methyl sites for hydroxylation is 4. The highest BCUT2D eigenvalue weighted by molar-refractivity contribution is 5.72. The maximum Gasteiger partial charge on any atom is 0.311 e. The highest BCUT2D eigenvalue weighted by Gasteiger charge is 2.07. The van der Waals surface area contributed by atoms with Gasteiger partial charge in [-0.15, -0.1) is 0 Å². The zero-order valence-corrected chi connectivity index (χ0v) is 18.8. The zero-order chi connectivity index (χ0) is 21.9. The predicted octanol–water partition coefficient (Wildman–Crippen LogP) is 6.55. The summed E-state index contributed by atoms with van der Waals surface area (Å²) in [5.74, 6) is 0.915. The van der Waals surface area contributed by atoms with E-state index in [2.05, 4.69) is 12.1 Å². The van der Waals surface area contributed by atoms with Crippen LogP contribution in [0.1, 0.15) is 73.6 Å². The molecule has 0 fully saturated rings. The average molecular weight is 411 g/mol. The molecule has 0 saturated heterocycles. The van der Waals surface area contributed by atoms with Crippen LogP contribution in [0.4, 0.5) is 0 Å². The van der Waals surface area contributed by atoms with Gasteiger partial charge in [0.2, 0.25) is 0 Å². The van der Waals surface area contributed by atoms with Crippen LogP contribution < -0.4 is 9.47 Å². The third-order valence-electron chi connectivity index (χ3n) is 4.87. The first-order valence-electron chi connectivity index (χ1n) is 10.9. The van der Waals surface area contributed by atoms with Gasteiger partial charge in [-0.3, -0.25) is 9.59 Å². The van der Waals surface area contributed by atoms with Crippen molar-refractivity contribution in [2.75, 3.05) is 0 Å². The molecule has 0 aliphatic carbocycles. The summed E-state index contributed by atoms with van der Waals surface area (Å²) in [6, 6.07) is 11.7. The fourth-order valence-electron chi connectivity index (χ4n) is 3.59. The van der Waals surface area contributed by atoms with E-state index in [0.717, 1.165) is 60.8 Å². The van der Waals surface area contributed by atoms with Crippen molar-refractivity contribution in [3.63, 3.8) is 0 Å². The van der Waals surface area contributed by atoms with Crippen molar-refractivity contribution in [3.05, 3.63) is 58.7 Å². The van der Waals surface area contributed by atoms with Gasteiger partial charge in [0, 0.05) is 12.8 Å². The van der Waals surface area contributed by atoms with Crippen LogP contribution in [0.15, 0.2) is 36.4 Å². The van der Waals surface area contributed by atoms with Crippen LogP contribution in [0.2, 0.25) is 0 Å². The smallest absolute Gasteiger partial charge is 0.311 e. The molecular weight excluding hydrogens is 376 g/mol. The van der Waals surface area contributed by atoms with Gasteiger partial charge in [-0.25, -0.2) is 0 Å². The number of ether oxygens (including phenoxy) is 2. The molecule has 0 N–H and O–H groups in total. The number of carbonyl (C=O) groups excluding carboxylic acids is 2. The molecule has 0 atom stereocenters. The van der Waals surface area contributed by atoms with Crippen LogP contribution in [-0.2, 0) is 9.59 Å². The minimum absolute atomic E-state index is 0.172. The maximum atomic E-state index is 12.0. The fraction of sp³-hybridized carbons (Fsp3) is 0.462. The molecule has 0 bridgehead atoms. The first-order valence-corrected chi connectivity index (χ1v) is 10.9. The van der Waals surface area contributed by atoms with Crippen LogP contribution in [-0.4, -0.2) is 11.9 Å². The number of esters is 2. The zero-order valence-electron chi connectivity index (χ0n) is 18.8. The number of unbranched alkanes of at least 4 members (excludes halogenated alkanes) is 5. The monoisotopic (exact) mass is 410 g/mol. The van der Waals surface area contributed by atoms with Crippen molar-refractivity contribution in [2.24, 2.45) is 0 Å². The van der Waals surface area contributed by atoms with Crippen molar-refractivity contribution in [1.29, 1.82) is 0 Å². The largest absolute Gasteiger partial charge is 0.427 e. The number of benzene rings is 2. The lowest BCUT2D eigenvalue weighted by Gasteiger charge is -2.07. The minimum atomic E-state index is -0.172. The number of hydrogen-bond donors (Lipinski definition) is 0. The van der Waals surface area contributed by atoms with Gasteiger partial charge < -0.3 is 9.47 Å². The highest BCUT2D eigenvalue weighted by atomic mass is 16.5. The SMILES string of the molecule is Cc1cc(C)cc(OC(=O)CCCCCCCCC(=O)Oc2cc(C)cc(C)c2)c1. The molecule has 0 unspecified atom stereocenters. The molecular formula is C26H34O4. The second kappa shape index (κ2) is 12.2. The molecule has 0 aliphatic heterocycles. The van der Waals surface area contributed by atoms with Crippen molar-refractivity contribution in [2.45, 2.75) is 79.1 Å². The Bertz CT molecular complexity index is 742. The Morgan fingerprint density at radius 2 is 0.833 bits per heavy atom. The normalized spacial score (nSPS) is 10.7. The van der Waals surface area contributed by atoms with E-state index < -0.39 is 0 Å². The number of carbonyl (C=O) groups is 2. The summed E-state index contributed by atoms with van der Waals surface area (Å²) in [6.07, 6.45) is 6.65. The van der Waals surface area contributed by atoms with Crippen molar-refractivity contribution < 1.29 is 19.1 Å². The lowest BCUT2D eigenvalue weighted by atomic mass is 10.1. The first kappa shape index (κ1) is 23.7. The third-order valence-corrected chi connectivity index (χ3v) is 4.87. The summed E-state index contributed by atoms with van der Waals surface area (Å²) < 4.78 is 10.8. The van der Waals surface area contributed by atoms with E-state index in [9.17, 15) is 9.59 Å². The summed E-state index contributed by atoms with van der Waals surface area (Å²) in [5, 5.41) is 0. The molecule has 2 aromatic rings. The summed E-state index contributed by atoms with van der Waals surface area (Å²) in [7, 11) is 0. The van der Waals surface area contributed by atoms with E-state index in [1.54, 1.807) is 0 Å². The molecule has 2 aromatic carbocycles. The summed E-state index contributed by atoms with van der Waals surface area (Å²) in [5.41, 5.74) is 4.37. The van der Waals surface area contributed by atoms with E-state index in [-0.39, 0.29) is 11.9 Å². The van der Waals surface area contributed by atoms with E-state index in [4.69, 9.17) is 9.47 Å². The second-order valence-corrected chi connectivity index (χ2v) is 8.22. The maximum absolute atomic E-state index is 12.0. The molecule has 0 saturated carbocycles. The van der Waals surface area contributed by atoms with Crippen molar-refractivity contribution >= 4 is 11.9 Å². The predicted molar refractivity (Wildman–Crippen MR) is 120 cm³/mol. The molecule has 0 aliphatic rings. The standard InChI is InChI=1S/C26H34O4/c1-19-13-20(2)16-23(15-19)29-25(27)11-9-7-5-6-8-10-12-26(28)30-24-17-21(3)14-22(4)18-24/h13-18H,5-12H2,1-4H3. The Balaban J connectivity index is 1.51. The van der Waals surface area contributed by atoms with Crippen LogP contribution in [0, 0.1) is 27.7 Å². The van der Waals surface area contributed by atoms with E-state index in [1.165, 1.54) is 0 Å². The molecule has 0 radical (unpaired) electrons. The molecule has 0 aromatic heterocycles. The molecule has 0 spiro atoms. The number of rotatable bonds is 11. The van der Waals surface area contributed by atoms with E-state index in [1.807, 2.05) is 52.0 Å². The fourth-order valence-corrected chi connectivity index (χ4v) is 3.59. The Hall–Kier alpha value is -2.62. The highest BCUT2D eigenvalue weighted by Crippen LogP contribution is 2.19. The van der Waals surface area contributed by atoms with Crippen LogP contribution in [0.25, 0.3) is 0 Å². The van der Waals surface area contributed by atoms with Crippen LogP contribution in [0.5, 0.6) is 11.5 Å². The van der Waals surface area contributed by atoms with Gasteiger partial charge in [0.25, 0.3) is 0 Å². The molecule has 4 heteroatoms. The van der Waals surface area contributed by atoms with Gasteiger partial charge in [-0.1, -0.05) is 37.8 Å². The molecule has 0 amide bonds. The Labute approximate surface area is 180 Å². The average Bonchev–Trinajstić information content (AvgIpc) is 2.62. The summed E-state index contributed by atoms with van der Waals surface area (Å²) in [6.45, 7) is 7.97. The van der Waals surface area contributed by atoms with Gasteiger partial charge in [0.1, 0.15) is 11.5 Å². The molecule has 0 heterocycles. The Morgan fingerprint density at radius 3 is 1.17 bits per heavy atom. The molecule has 2 rings (SSSR count).